The van der Waals surface area contributed by atoms with E-state index in [1.807, 2.05) is 6.07 Å². The van der Waals surface area contributed by atoms with Crippen molar-refractivity contribution in [3.8, 4) is 6.07 Å². The summed E-state index contributed by atoms with van der Waals surface area (Å²) in [6.45, 7) is 6.88. The van der Waals surface area contributed by atoms with Gasteiger partial charge in [0.15, 0.2) is 0 Å². The average Bonchev–Trinajstić information content (AvgIpc) is 2.36. The van der Waals surface area contributed by atoms with Gasteiger partial charge in [-0.1, -0.05) is 25.3 Å². The zero-order chi connectivity index (χ0) is 12.7. The first-order valence-corrected chi connectivity index (χ1v) is 4.84. The Bertz CT molecular complexity index is 524. The van der Waals surface area contributed by atoms with Gasteiger partial charge >= 0.3 is 0 Å². The molecule has 0 aliphatic heterocycles. The van der Waals surface area contributed by atoms with E-state index < -0.39 is 5.91 Å². The highest BCUT2D eigenvalue weighted by atomic mass is 16.1. The van der Waals surface area contributed by atoms with E-state index in [4.69, 9.17) is 5.26 Å². The van der Waals surface area contributed by atoms with Crippen molar-refractivity contribution in [1.82, 2.24) is 0 Å². The predicted octanol–water partition coefficient (Wildman–Crippen LogP) is 2.27. The van der Waals surface area contributed by atoms with Gasteiger partial charge in [-0.05, 0) is 18.2 Å². The van der Waals surface area contributed by atoms with Crippen LogP contribution in [-0.2, 0) is 4.79 Å². The Labute approximate surface area is 99.6 Å². The maximum atomic E-state index is 11.7. The second kappa shape index (κ2) is 6.03. The van der Waals surface area contributed by atoms with E-state index in [0.29, 0.717) is 11.3 Å². The van der Waals surface area contributed by atoms with E-state index >= 15 is 0 Å². The summed E-state index contributed by atoms with van der Waals surface area (Å²) < 4.78 is 0. The smallest absolute Gasteiger partial charge is 0.274 e. The van der Waals surface area contributed by atoms with Crippen LogP contribution in [0.1, 0.15) is 5.56 Å². The molecule has 84 valence electrons. The molecule has 0 aliphatic rings. The van der Waals surface area contributed by atoms with Gasteiger partial charge in [-0.2, -0.15) is 5.26 Å². The standard InChI is InChI=1S/C13H11N3O/c1-3-11(15-4-2)13(17)16-12-8-6-5-7-10(12)9-14/h3-8H,1-2H2,(H,16,17). The molecule has 4 heteroatoms. The number of hydrogen-bond donors (Lipinski definition) is 1. The normalized spacial score (nSPS) is 10.2. The van der Waals surface area contributed by atoms with Crippen molar-refractivity contribution in [2.24, 2.45) is 4.99 Å². The van der Waals surface area contributed by atoms with Gasteiger partial charge in [-0.3, -0.25) is 9.79 Å². The van der Waals surface area contributed by atoms with Crippen LogP contribution >= 0.6 is 0 Å². The highest BCUT2D eigenvalue weighted by Crippen LogP contribution is 2.13. The van der Waals surface area contributed by atoms with E-state index in [-0.39, 0.29) is 5.71 Å². The summed E-state index contributed by atoms with van der Waals surface area (Å²) in [5.74, 6) is -0.428. The Morgan fingerprint density at radius 3 is 2.71 bits per heavy atom. The number of anilines is 1. The minimum Gasteiger partial charge on any atom is -0.319 e. The Morgan fingerprint density at radius 1 is 1.41 bits per heavy atom. The number of hydrogen-bond acceptors (Lipinski definition) is 3. The second-order valence-corrected chi connectivity index (χ2v) is 3.01. The Balaban J connectivity index is 2.96. The van der Waals surface area contributed by atoms with Crippen LogP contribution in [0.5, 0.6) is 0 Å². The number of amides is 1. The Morgan fingerprint density at radius 2 is 2.12 bits per heavy atom. The summed E-state index contributed by atoms with van der Waals surface area (Å²) in [7, 11) is 0. The highest BCUT2D eigenvalue weighted by Gasteiger charge is 2.09. The maximum Gasteiger partial charge on any atom is 0.274 e. The summed E-state index contributed by atoms with van der Waals surface area (Å²) in [5, 5.41) is 11.4. The zero-order valence-corrected chi connectivity index (χ0v) is 9.18. The minimum atomic E-state index is -0.428. The van der Waals surface area contributed by atoms with Gasteiger partial charge in [0.1, 0.15) is 11.8 Å². The highest BCUT2D eigenvalue weighted by molar-refractivity contribution is 6.47. The van der Waals surface area contributed by atoms with Crippen molar-refractivity contribution >= 4 is 17.3 Å². The van der Waals surface area contributed by atoms with Gasteiger partial charge in [0, 0.05) is 6.20 Å². The summed E-state index contributed by atoms with van der Waals surface area (Å²) in [6.07, 6.45) is 2.58. The largest absolute Gasteiger partial charge is 0.319 e. The molecule has 0 fully saturated rings. The summed E-state index contributed by atoms with van der Waals surface area (Å²) in [5.41, 5.74) is 0.981. The third kappa shape index (κ3) is 3.14. The molecule has 0 aromatic heterocycles. The van der Waals surface area contributed by atoms with E-state index in [0.717, 1.165) is 0 Å². The van der Waals surface area contributed by atoms with Crippen molar-refractivity contribution in [2.45, 2.75) is 0 Å². The van der Waals surface area contributed by atoms with Crippen molar-refractivity contribution in [2.75, 3.05) is 5.32 Å². The van der Waals surface area contributed by atoms with E-state index in [1.54, 1.807) is 24.3 Å². The number of para-hydroxylation sites is 1. The van der Waals surface area contributed by atoms with Gasteiger partial charge in [-0.25, -0.2) is 0 Å². The molecule has 0 heterocycles. The average molecular weight is 225 g/mol. The fraction of sp³-hybridized carbons (Fsp3) is 0. The van der Waals surface area contributed by atoms with Crippen molar-refractivity contribution in [3.63, 3.8) is 0 Å². The van der Waals surface area contributed by atoms with Crippen LogP contribution in [-0.4, -0.2) is 11.6 Å². The lowest BCUT2D eigenvalue weighted by molar-refractivity contribution is -0.110. The van der Waals surface area contributed by atoms with E-state index in [2.05, 4.69) is 23.5 Å². The van der Waals surface area contributed by atoms with Crippen molar-refractivity contribution < 1.29 is 4.79 Å². The third-order valence-corrected chi connectivity index (χ3v) is 1.95. The molecule has 17 heavy (non-hydrogen) atoms. The van der Waals surface area contributed by atoms with Crippen LogP contribution in [0.3, 0.4) is 0 Å². The van der Waals surface area contributed by atoms with Gasteiger partial charge in [0.2, 0.25) is 0 Å². The molecule has 0 radical (unpaired) electrons. The summed E-state index contributed by atoms with van der Waals surface area (Å²) in [4.78, 5) is 15.5. The zero-order valence-electron chi connectivity index (χ0n) is 9.18. The number of nitriles is 1. The van der Waals surface area contributed by atoms with Crippen molar-refractivity contribution in [1.29, 1.82) is 5.26 Å². The molecule has 1 N–H and O–H groups in total. The predicted molar refractivity (Wildman–Crippen MR) is 67.6 cm³/mol. The molecule has 0 aliphatic carbocycles. The molecule has 0 saturated heterocycles. The monoisotopic (exact) mass is 225 g/mol. The molecule has 1 rings (SSSR count). The van der Waals surface area contributed by atoms with Crippen molar-refractivity contribution in [3.05, 3.63) is 55.3 Å². The topological polar surface area (TPSA) is 65.2 Å². The number of nitrogens with zero attached hydrogens (tertiary/aromatic N) is 2. The van der Waals surface area contributed by atoms with Gasteiger partial charge in [0.25, 0.3) is 5.91 Å². The Hall–Kier alpha value is -2.67. The first-order chi connectivity index (χ1) is 8.22. The molecule has 0 saturated carbocycles. The van der Waals surface area contributed by atoms with Crippen LogP contribution in [0, 0.1) is 11.3 Å². The quantitative estimate of drug-likeness (QED) is 0.799. The molecule has 1 aromatic carbocycles. The fourth-order valence-corrected chi connectivity index (χ4v) is 1.18. The molecule has 0 atom stereocenters. The summed E-state index contributed by atoms with van der Waals surface area (Å²) >= 11 is 0. The van der Waals surface area contributed by atoms with Crippen LogP contribution in [0.2, 0.25) is 0 Å². The molecule has 0 bridgehead atoms. The molecule has 1 aromatic rings. The molecule has 1 amide bonds. The van der Waals surface area contributed by atoms with Gasteiger partial charge in [0.05, 0.1) is 11.3 Å². The SMILES string of the molecule is C=CN=C(C=C)C(=O)Nc1ccccc1C#N. The number of rotatable bonds is 4. The molecular weight excluding hydrogens is 214 g/mol. The molecule has 0 unspecified atom stereocenters. The fourth-order valence-electron chi connectivity index (χ4n) is 1.18. The van der Waals surface area contributed by atoms with Gasteiger partial charge in [-0.15, -0.1) is 0 Å². The van der Waals surface area contributed by atoms with Gasteiger partial charge < -0.3 is 5.32 Å². The number of carbonyl (C=O) groups excluding carboxylic acids is 1. The van der Waals surface area contributed by atoms with Crippen LogP contribution < -0.4 is 5.32 Å². The summed E-state index contributed by atoms with van der Waals surface area (Å²) in [6, 6.07) is 8.71. The van der Waals surface area contributed by atoms with Crippen LogP contribution in [0.4, 0.5) is 5.69 Å². The third-order valence-electron chi connectivity index (χ3n) is 1.95. The van der Waals surface area contributed by atoms with Crippen LogP contribution in [0.15, 0.2) is 54.7 Å². The first-order valence-electron chi connectivity index (χ1n) is 4.84. The maximum absolute atomic E-state index is 11.7. The minimum absolute atomic E-state index is 0.146. The number of aliphatic imine (C=N–C) groups is 1. The lowest BCUT2D eigenvalue weighted by atomic mass is 10.2. The molecule has 0 spiro atoms. The lowest BCUT2D eigenvalue weighted by Crippen LogP contribution is -2.21. The number of benzene rings is 1. The second-order valence-electron chi connectivity index (χ2n) is 3.01. The number of carbonyl (C=O) groups is 1. The molecular formula is C13H11N3O. The van der Waals surface area contributed by atoms with E-state index in [9.17, 15) is 4.79 Å². The first kappa shape index (κ1) is 12.4. The lowest BCUT2D eigenvalue weighted by Gasteiger charge is -2.05. The number of nitrogens with one attached hydrogen (secondary N) is 1. The Kier molecular flexibility index (Phi) is 4.40. The van der Waals surface area contributed by atoms with E-state index in [1.165, 1.54) is 12.3 Å². The molecule has 4 nitrogen and oxygen atoms in total. The van der Waals surface area contributed by atoms with Crippen LogP contribution in [0.25, 0.3) is 0 Å².